The second kappa shape index (κ2) is 7.31. The van der Waals surface area contributed by atoms with E-state index in [2.05, 4.69) is 36.4 Å². The molecule has 1 atom stereocenters. The van der Waals surface area contributed by atoms with Gasteiger partial charge in [0.25, 0.3) is 5.91 Å². The lowest BCUT2D eigenvalue weighted by Crippen LogP contribution is -2.26. The Balaban J connectivity index is 2.10. The average Bonchev–Trinajstić information content (AvgIpc) is 2.92. The molecule has 0 unspecified atom stereocenters. The molecule has 0 saturated carbocycles. The molecule has 2 aromatic rings. The van der Waals surface area contributed by atoms with Crippen molar-refractivity contribution in [2.45, 2.75) is 40.3 Å². The molecule has 124 valence electrons. The summed E-state index contributed by atoms with van der Waals surface area (Å²) in [7, 11) is 1.91. The SMILES string of the molecule is Cc1c(N[C@H](C)C(C)C)cccc1C(=O)NCc1nccn1C. The van der Waals surface area contributed by atoms with Crippen molar-refractivity contribution in [3.8, 4) is 0 Å². The number of hydrogen-bond donors (Lipinski definition) is 2. The maximum absolute atomic E-state index is 12.5. The Bertz CT molecular complexity index is 675. The van der Waals surface area contributed by atoms with Crippen LogP contribution in [0.3, 0.4) is 0 Å². The fourth-order valence-corrected chi connectivity index (χ4v) is 2.27. The minimum atomic E-state index is -0.0775. The summed E-state index contributed by atoms with van der Waals surface area (Å²) in [6.45, 7) is 8.90. The van der Waals surface area contributed by atoms with E-state index in [4.69, 9.17) is 0 Å². The smallest absolute Gasteiger partial charge is 0.251 e. The van der Waals surface area contributed by atoms with E-state index in [1.54, 1.807) is 6.20 Å². The van der Waals surface area contributed by atoms with Crippen molar-refractivity contribution in [3.05, 3.63) is 47.5 Å². The summed E-state index contributed by atoms with van der Waals surface area (Å²) in [5.41, 5.74) is 2.67. The largest absolute Gasteiger partial charge is 0.382 e. The summed E-state index contributed by atoms with van der Waals surface area (Å²) in [4.78, 5) is 16.7. The molecule has 0 bridgehead atoms. The van der Waals surface area contributed by atoms with E-state index < -0.39 is 0 Å². The normalized spacial score (nSPS) is 12.3. The zero-order valence-electron chi connectivity index (χ0n) is 14.6. The predicted molar refractivity (Wildman–Crippen MR) is 93.5 cm³/mol. The van der Waals surface area contributed by atoms with Gasteiger partial charge < -0.3 is 15.2 Å². The maximum atomic E-state index is 12.5. The first-order valence-corrected chi connectivity index (χ1v) is 8.00. The van der Waals surface area contributed by atoms with Crippen LogP contribution in [-0.4, -0.2) is 21.5 Å². The molecule has 5 heteroatoms. The molecule has 2 N–H and O–H groups in total. The van der Waals surface area contributed by atoms with Gasteiger partial charge in [-0.3, -0.25) is 4.79 Å². The highest BCUT2D eigenvalue weighted by Crippen LogP contribution is 2.21. The Hall–Kier alpha value is -2.30. The highest BCUT2D eigenvalue weighted by Gasteiger charge is 2.14. The summed E-state index contributed by atoms with van der Waals surface area (Å²) in [6.07, 6.45) is 3.59. The van der Waals surface area contributed by atoms with Crippen LogP contribution >= 0.6 is 0 Å². The topological polar surface area (TPSA) is 59.0 Å². The van der Waals surface area contributed by atoms with Gasteiger partial charge in [0.1, 0.15) is 5.82 Å². The van der Waals surface area contributed by atoms with E-state index in [0.29, 0.717) is 24.1 Å². The monoisotopic (exact) mass is 314 g/mol. The Morgan fingerprint density at radius 1 is 1.30 bits per heavy atom. The van der Waals surface area contributed by atoms with Gasteiger partial charge in [0.2, 0.25) is 0 Å². The van der Waals surface area contributed by atoms with Gasteiger partial charge in [0.05, 0.1) is 6.54 Å². The number of aromatic nitrogens is 2. The van der Waals surface area contributed by atoms with Gasteiger partial charge in [-0.25, -0.2) is 4.98 Å². The summed E-state index contributed by atoms with van der Waals surface area (Å²) in [5.74, 6) is 1.28. The van der Waals surface area contributed by atoms with E-state index >= 15 is 0 Å². The van der Waals surface area contributed by atoms with Gasteiger partial charge in [0, 0.05) is 36.7 Å². The molecule has 0 saturated heterocycles. The Kier molecular flexibility index (Phi) is 5.42. The van der Waals surface area contributed by atoms with Crippen LogP contribution < -0.4 is 10.6 Å². The first kappa shape index (κ1) is 17.1. The Labute approximate surface area is 138 Å². The third-order valence-corrected chi connectivity index (χ3v) is 4.29. The first-order valence-electron chi connectivity index (χ1n) is 8.00. The molecule has 5 nitrogen and oxygen atoms in total. The molecule has 1 heterocycles. The lowest BCUT2D eigenvalue weighted by molar-refractivity contribution is 0.0949. The minimum Gasteiger partial charge on any atom is -0.382 e. The number of anilines is 1. The quantitative estimate of drug-likeness (QED) is 0.861. The highest BCUT2D eigenvalue weighted by atomic mass is 16.1. The van der Waals surface area contributed by atoms with Crippen LogP contribution in [-0.2, 0) is 13.6 Å². The molecule has 1 amide bonds. The van der Waals surface area contributed by atoms with E-state index in [0.717, 1.165) is 17.1 Å². The fraction of sp³-hybridized carbons (Fsp3) is 0.444. The molecule has 1 aromatic carbocycles. The average molecular weight is 314 g/mol. The van der Waals surface area contributed by atoms with Gasteiger partial charge in [0.15, 0.2) is 0 Å². The maximum Gasteiger partial charge on any atom is 0.251 e. The van der Waals surface area contributed by atoms with Crippen molar-refractivity contribution in [1.82, 2.24) is 14.9 Å². The lowest BCUT2D eigenvalue weighted by Gasteiger charge is -2.21. The molecule has 0 radical (unpaired) electrons. The summed E-state index contributed by atoms with van der Waals surface area (Å²) in [5, 5.41) is 6.42. The molecule has 0 aliphatic rings. The Morgan fingerprint density at radius 2 is 2.04 bits per heavy atom. The molecular weight excluding hydrogens is 288 g/mol. The molecule has 1 aromatic heterocycles. The number of carbonyl (C=O) groups excluding carboxylic acids is 1. The van der Waals surface area contributed by atoms with Gasteiger partial charge in [-0.2, -0.15) is 0 Å². The van der Waals surface area contributed by atoms with Crippen molar-refractivity contribution in [2.75, 3.05) is 5.32 Å². The molecule has 2 rings (SSSR count). The van der Waals surface area contributed by atoms with Gasteiger partial charge >= 0.3 is 0 Å². The number of rotatable bonds is 6. The highest BCUT2D eigenvalue weighted by molar-refractivity contribution is 5.97. The second-order valence-corrected chi connectivity index (χ2v) is 6.29. The number of amides is 1. The number of hydrogen-bond acceptors (Lipinski definition) is 3. The summed E-state index contributed by atoms with van der Waals surface area (Å²) in [6, 6.07) is 6.13. The van der Waals surface area contributed by atoms with Crippen LogP contribution in [0.25, 0.3) is 0 Å². The number of aryl methyl sites for hydroxylation is 1. The number of nitrogens with one attached hydrogen (secondary N) is 2. The summed E-state index contributed by atoms with van der Waals surface area (Å²) >= 11 is 0. The first-order chi connectivity index (χ1) is 10.9. The Morgan fingerprint density at radius 3 is 2.65 bits per heavy atom. The van der Waals surface area contributed by atoms with Gasteiger partial charge in [-0.05, 0) is 37.5 Å². The number of nitrogens with zero attached hydrogens (tertiary/aromatic N) is 2. The predicted octanol–water partition coefficient (Wildman–Crippen LogP) is 3.11. The molecule has 0 fully saturated rings. The van der Waals surface area contributed by atoms with Crippen LogP contribution in [0.15, 0.2) is 30.6 Å². The van der Waals surface area contributed by atoms with E-state index in [-0.39, 0.29) is 5.91 Å². The molecule has 0 aliphatic carbocycles. The van der Waals surface area contributed by atoms with E-state index in [9.17, 15) is 4.79 Å². The third-order valence-electron chi connectivity index (χ3n) is 4.29. The van der Waals surface area contributed by atoms with Crippen LogP contribution in [0.4, 0.5) is 5.69 Å². The van der Waals surface area contributed by atoms with Crippen molar-refractivity contribution in [2.24, 2.45) is 13.0 Å². The molecule has 23 heavy (non-hydrogen) atoms. The van der Waals surface area contributed by atoms with E-state index in [1.165, 1.54) is 0 Å². The van der Waals surface area contributed by atoms with Crippen LogP contribution in [0.2, 0.25) is 0 Å². The fourth-order valence-electron chi connectivity index (χ4n) is 2.27. The minimum absolute atomic E-state index is 0.0775. The molecule has 0 aliphatic heterocycles. The van der Waals surface area contributed by atoms with Crippen molar-refractivity contribution in [1.29, 1.82) is 0 Å². The third kappa shape index (κ3) is 4.12. The van der Waals surface area contributed by atoms with Crippen LogP contribution in [0.1, 0.15) is 42.5 Å². The molecular formula is C18H26N4O. The molecule has 0 spiro atoms. The second-order valence-electron chi connectivity index (χ2n) is 6.29. The van der Waals surface area contributed by atoms with Crippen molar-refractivity contribution < 1.29 is 4.79 Å². The number of imidazole rings is 1. The zero-order valence-corrected chi connectivity index (χ0v) is 14.6. The zero-order chi connectivity index (χ0) is 17.0. The summed E-state index contributed by atoms with van der Waals surface area (Å²) < 4.78 is 1.90. The van der Waals surface area contributed by atoms with Gasteiger partial charge in [-0.15, -0.1) is 0 Å². The van der Waals surface area contributed by atoms with Crippen molar-refractivity contribution in [3.63, 3.8) is 0 Å². The van der Waals surface area contributed by atoms with Crippen molar-refractivity contribution >= 4 is 11.6 Å². The van der Waals surface area contributed by atoms with Gasteiger partial charge in [-0.1, -0.05) is 19.9 Å². The number of carbonyl (C=O) groups is 1. The number of benzene rings is 1. The van der Waals surface area contributed by atoms with E-state index in [1.807, 2.05) is 42.9 Å². The van der Waals surface area contributed by atoms with Crippen LogP contribution in [0, 0.1) is 12.8 Å². The lowest BCUT2D eigenvalue weighted by atomic mass is 10.0. The standard InChI is InChI=1S/C18H26N4O/c1-12(2)14(4)21-16-8-6-7-15(13(16)3)18(23)20-11-17-19-9-10-22(17)5/h6-10,12,14,21H,11H2,1-5H3,(H,20,23)/t14-/m1/s1. The van der Waals surface area contributed by atoms with Crippen LogP contribution in [0.5, 0.6) is 0 Å².